The summed E-state index contributed by atoms with van der Waals surface area (Å²) >= 11 is 0. The van der Waals surface area contributed by atoms with Crippen molar-refractivity contribution in [2.24, 2.45) is 0 Å². The van der Waals surface area contributed by atoms with Crippen LogP contribution in [0, 0.1) is 0 Å². The van der Waals surface area contributed by atoms with Gasteiger partial charge in [-0.25, -0.2) is 0 Å². The van der Waals surface area contributed by atoms with Crippen molar-refractivity contribution in [2.75, 3.05) is 47.4 Å². The largest absolute Gasteiger partial charge is 0.507 e. The lowest BCUT2D eigenvalue weighted by molar-refractivity contribution is -1.01. The third-order valence-corrected chi connectivity index (χ3v) is 5.87. The van der Waals surface area contributed by atoms with Crippen molar-refractivity contribution in [1.82, 2.24) is 0 Å². The summed E-state index contributed by atoms with van der Waals surface area (Å²) in [5.41, 5.74) is 1.86. The standard InChI is InChI=1S/C23H26N2O5/c1-24-9-11-25(12-10-24)14-17-18(26)8-7-16-21(27)20(30-23(16)17)13-15-5-4-6-19(28-2)22(15)29-3/h4-8,13,26H,9-12,14H2,1-3H3/p+2. The molecule has 4 rings (SSSR count). The molecule has 0 bridgehead atoms. The van der Waals surface area contributed by atoms with Gasteiger partial charge in [0.05, 0.1) is 32.4 Å². The van der Waals surface area contributed by atoms with E-state index in [9.17, 15) is 9.90 Å². The third-order valence-electron chi connectivity index (χ3n) is 5.87. The first-order valence-corrected chi connectivity index (χ1v) is 10.2. The second-order valence-corrected chi connectivity index (χ2v) is 7.85. The number of phenols is 1. The molecular formula is C23H28N2O5+2. The Bertz CT molecular complexity index is 993. The number of ketones is 1. The first kappa shape index (κ1) is 20.3. The SMILES string of the molecule is COc1cccc(C=C2Oc3c(ccc(O)c3C[NH+]3CC[NH+](C)CC3)C2=O)c1OC. The molecule has 30 heavy (non-hydrogen) atoms. The zero-order valence-electron chi connectivity index (χ0n) is 17.6. The predicted octanol–water partition coefficient (Wildman–Crippen LogP) is -0.0612. The number of carbonyl (C=O) groups excluding carboxylic acids is 1. The average molecular weight is 412 g/mol. The van der Waals surface area contributed by atoms with Gasteiger partial charge in [-0.15, -0.1) is 0 Å². The van der Waals surface area contributed by atoms with E-state index in [1.54, 1.807) is 38.5 Å². The minimum Gasteiger partial charge on any atom is -0.507 e. The van der Waals surface area contributed by atoms with Crippen LogP contribution in [-0.2, 0) is 6.54 Å². The lowest BCUT2D eigenvalue weighted by Gasteiger charge is -2.27. The third kappa shape index (κ3) is 3.74. The van der Waals surface area contributed by atoms with Crippen molar-refractivity contribution in [3.05, 3.63) is 52.8 Å². The van der Waals surface area contributed by atoms with Crippen molar-refractivity contribution in [3.8, 4) is 23.0 Å². The van der Waals surface area contributed by atoms with Crippen LogP contribution in [0.3, 0.4) is 0 Å². The number of nitrogens with one attached hydrogen (secondary N) is 2. The van der Waals surface area contributed by atoms with Crippen LogP contribution in [0.4, 0.5) is 0 Å². The van der Waals surface area contributed by atoms with Crippen molar-refractivity contribution in [1.29, 1.82) is 0 Å². The van der Waals surface area contributed by atoms with E-state index in [4.69, 9.17) is 14.2 Å². The molecule has 0 saturated carbocycles. The number of methoxy groups -OCH3 is 2. The first-order chi connectivity index (χ1) is 14.5. The quantitative estimate of drug-likeness (QED) is 0.600. The zero-order chi connectivity index (χ0) is 21.3. The monoisotopic (exact) mass is 412 g/mol. The summed E-state index contributed by atoms with van der Waals surface area (Å²) in [6, 6.07) is 8.68. The van der Waals surface area contributed by atoms with E-state index in [1.807, 2.05) is 12.1 Å². The van der Waals surface area contributed by atoms with Crippen LogP contribution in [0.25, 0.3) is 6.08 Å². The van der Waals surface area contributed by atoms with Crippen LogP contribution < -0.4 is 24.0 Å². The molecule has 0 radical (unpaired) electrons. The highest BCUT2D eigenvalue weighted by molar-refractivity contribution is 6.15. The maximum atomic E-state index is 13.0. The fraction of sp³-hybridized carbons (Fsp3) is 0.348. The molecule has 2 aromatic rings. The molecule has 0 unspecified atom stereocenters. The van der Waals surface area contributed by atoms with Crippen molar-refractivity contribution >= 4 is 11.9 Å². The normalized spacial score (nSPS) is 22.0. The number of aromatic hydroxyl groups is 1. The van der Waals surface area contributed by atoms with Crippen LogP contribution in [0.5, 0.6) is 23.0 Å². The minimum atomic E-state index is -0.200. The Morgan fingerprint density at radius 2 is 1.87 bits per heavy atom. The van der Waals surface area contributed by atoms with Gasteiger partial charge in [-0.3, -0.25) is 4.79 Å². The molecule has 2 heterocycles. The Balaban J connectivity index is 1.66. The van der Waals surface area contributed by atoms with E-state index in [2.05, 4.69) is 7.05 Å². The first-order valence-electron chi connectivity index (χ1n) is 10.2. The van der Waals surface area contributed by atoms with Crippen LogP contribution in [0.2, 0.25) is 0 Å². The Morgan fingerprint density at radius 3 is 2.57 bits per heavy atom. The molecule has 1 saturated heterocycles. The molecule has 0 spiro atoms. The van der Waals surface area contributed by atoms with Gasteiger partial charge in [-0.05, 0) is 24.3 Å². The Labute approximate surface area is 176 Å². The Kier molecular flexibility index (Phi) is 5.65. The van der Waals surface area contributed by atoms with Gasteiger partial charge in [0.1, 0.15) is 38.5 Å². The van der Waals surface area contributed by atoms with Crippen LogP contribution >= 0.6 is 0 Å². The smallest absolute Gasteiger partial charge is 0.231 e. The number of hydrogen-bond donors (Lipinski definition) is 3. The molecule has 2 aliphatic rings. The van der Waals surface area contributed by atoms with Gasteiger partial charge >= 0.3 is 0 Å². The Morgan fingerprint density at radius 1 is 1.10 bits per heavy atom. The van der Waals surface area contributed by atoms with Gasteiger partial charge in [0.25, 0.3) is 0 Å². The number of fused-ring (bicyclic) bond motifs is 1. The molecular weight excluding hydrogens is 384 g/mol. The van der Waals surface area contributed by atoms with Crippen LogP contribution in [0.1, 0.15) is 21.5 Å². The van der Waals surface area contributed by atoms with Crippen molar-refractivity contribution in [2.45, 2.75) is 6.54 Å². The molecule has 0 aliphatic carbocycles. The second kappa shape index (κ2) is 8.38. The van der Waals surface area contributed by atoms with Crippen molar-refractivity contribution < 1.29 is 33.9 Å². The molecule has 2 aliphatic heterocycles. The van der Waals surface area contributed by atoms with Gasteiger partial charge in [-0.1, -0.05) is 12.1 Å². The summed E-state index contributed by atoms with van der Waals surface area (Å²) in [7, 11) is 5.32. The molecule has 3 N–H and O–H groups in total. The van der Waals surface area contributed by atoms with E-state index in [-0.39, 0.29) is 17.3 Å². The van der Waals surface area contributed by atoms with Crippen LogP contribution in [-0.4, -0.2) is 58.3 Å². The van der Waals surface area contributed by atoms with E-state index in [1.165, 1.54) is 9.80 Å². The molecule has 0 aromatic heterocycles. The molecule has 2 aromatic carbocycles. The highest BCUT2D eigenvalue weighted by Crippen LogP contribution is 2.40. The topological polar surface area (TPSA) is 73.9 Å². The summed E-state index contributed by atoms with van der Waals surface area (Å²) < 4.78 is 16.8. The van der Waals surface area contributed by atoms with Gasteiger partial charge < -0.3 is 29.1 Å². The maximum absolute atomic E-state index is 13.0. The number of carbonyl (C=O) groups is 1. The average Bonchev–Trinajstić information content (AvgIpc) is 3.07. The lowest BCUT2D eigenvalue weighted by Crippen LogP contribution is -3.26. The maximum Gasteiger partial charge on any atom is 0.231 e. The van der Waals surface area contributed by atoms with Gasteiger partial charge in [-0.2, -0.15) is 0 Å². The van der Waals surface area contributed by atoms with E-state index < -0.39 is 0 Å². The number of ether oxygens (including phenoxy) is 3. The number of piperazine rings is 1. The van der Waals surface area contributed by atoms with Crippen molar-refractivity contribution in [3.63, 3.8) is 0 Å². The number of rotatable bonds is 5. The number of benzene rings is 2. The summed E-state index contributed by atoms with van der Waals surface area (Å²) in [5.74, 6) is 1.75. The number of quaternary nitrogens is 2. The fourth-order valence-electron chi connectivity index (χ4n) is 4.09. The molecule has 0 atom stereocenters. The molecule has 158 valence electrons. The fourth-order valence-corrected chi connectivity index (χ4v) is 4.09. The van der Waals surface area contributed by atoms with Gasteiger partial charge in [0, 0.05) is 5.56 Å². The molecule has 0 amide bonds. The number of likely N-dealkylation sites (N-methyl/N-ethyl adjacent to an activating group) is 1. The molecule has 7 heteroatoms. The zero-order valence-corrected chi connectivity index (χ0v) is 17.6. The summed E-state index contributed by atoms with van der Waals surface area (Å²) in [4.78, 5) is 15.9. The van der Waals surface area contributed by atoms with Gasteiger partial charge in [0.2, 0.25) is 5.78 Å². The van der Waals surface area contributed by atoms with E-state index in [0.717, 1.165) is 26.2 Å². The Hall–Kier alpha value is -3.03. The summed E-state index contributed by atoms with van der Waals surface area (Å²) in [5, 5.41) is 10.5. The summed E-state index contributed by atoms with van der Waals surface area (Å²) in [6.45, 7) is 4.85. The van der Waals surface area contributed by atoms with E-state index >= 15 is 0 Å². The highest BCUT2D eigenvalue weighted by atomic mass is 16.5. The number of phenolic OH excluding ortho intramolecular Hbond substituents is 1. The number of para-hydroxylation sites is 1. The minimum absolute atomic E-state index is 0.167. The number of hydrogen-bond acceptors (Lipinski definition) is 5. The number of allylic oxidation sites excluding steroid dienone is 1. The highest BCUT2D eigenvalue weighted by Gasteiger charge is 2.33. The van der Waals surface area contributed by atoms with Gasteiger partial charge in [0.15, 0.2) is 23.0 Å². The number of Topliss-reactive ketones (excluding diaryl/α,β-unsaturated/α-hetero) is 1. The van der Waals surface area contributed by atoms with Crippen LogP contribution in [0.15, 0.2) is 36.1 Å². The molecule has 7 nitrogen and oxygen atoms in total. The second-order valence-electron chi connectivity index (χ2n) is 7.85. The summed E-state index contributed by atoms with van der Waals surface area (Å²) in [6.07, 6.45) is 1.66. The predicted molar refractivity (Wildman–Crippen MR) is 112 cm³/mol. The lowest BCUT2D eigenvalue weighted by atomic mass is 10.0. The molecule has 1 fully saturated rings. The van der Waals surface area contributed by atoms with E-state index in [0.29, 0.717) is 40.5 Å².